The van der Waals surface area contributed by atoms with Gasteiger partial charge in [0.25, 0.3) is 0 Å². The van der Waals surface area contributed by atoms with Crippen LogP contribution < -0.4 is 0 Å². The van der Waals surface area contributed by atoms with Crippen molar-refractivity contribution in [1.29, 1.82) is 0 Å². The van der Waals surface area contributed by atoms with Crippen LogP contribution >= 0.6 is 0 Å². The van der Waals surface area contributed by atoms with Crippen LogP contribution in [0.25, 0.3) is 0 Å². The van der Waals surface area contributed by atoms with Gasteiger partial charge in [-0.2, -0.15) is 0 Å². The van der Waals surface area contributed by atoms with E-state index in [1.807, 2.05) is 7.11 Å². The van der Waals surface area contributed by atoms with Gasteiger partial charge in [0.1, 0.15) is 0 Å². The van der Waals surface area contributed by atoms with E-state index in [1.54, 1.807) is 0 Å². The maximum atomic E-state index is 12.2. The van der Waals surface area contributed by atoms with E-state index in [2.05, 4.69) is 48.5 Å². The van der Waals surface area contributed by atoms with Crippen molar-refractivity contribution in [3.8, 4) is 0 Å². The van der Waals surface area contributed by atoms with Crippen molar-refractivity contribution in [3.05, 3.63) is 0 Å². The van der Waals surface area contributed by atoms with Gasteiger partial charge in [0, 0.05) is 13.7 Å². The molecular weight excluding hydrogens is 432 g/mol. The van der Waals surface area contributed by atoms with Gasteiger partial charge in [-0.3, -0.25) is 0 Å². The van der Waals surface area contributed by atoms with Gasteiger partial charge < -0.3 is 14.9 Å². The molecule has 0 radical (unpaired) electrons. The van der Waals surface area contributed by atoms with Crippen LogP contribution in [0.3, 0.4) is 0 Å². The molecule has 35 heavy (non-hydrogen) atoms. The largest absolute Gasteiger partial charge is 0.393 e. The summed E-state index contributed by atoms with van der Waals surface area (Å²) in [7, 11) is 1.86. The van der Waals surface area contributed by atoms with Crippen molar-refractivity contribution >= 4 is 0 Å². The fraction of sp³-hybridized carbons (Fsp3) is 1.00. The second kappa shape index (κ2) is 8.19. The summed E-state index contributed by atoms with van der Waals surface area (Å²) in [6.45, 7) is 18.3. The van der Waals surface area contributed by atoms with Crippen molar-refractivity contribution in [2.24, 2.45) is 56.2 Å². The maximum Gasteiger partial charge on any atom is 0.0594 e. The van der Waals surface area contributed by atoms with Gasteiger partial charge in [-0.25, -0.2) is 0 Å². The van der Waals surface area contributed by atoms with Crippen molar-refractivity contribution in [2.45, 2.75) is 131 Å². The van der Waals surface area contributed by atoms with Crippen molar-refractivity contribution in [2.75, 3.05) is 13.7 Å². The van der Waals surface area contributed by atoms with Crippen molar-refractivity contribution in [3.63, 3.8) is 0 Å². The van der Waals surface area contributed by atoms with Gasteiger partial charge in [-0.15, -0.1) is 0 Å². The topological polar surface area (TPSA) is 49.7 Å². The number of aliphatic hydroxyl groups is 2. The van der Waals surface area contributed by atoms with E-state index in [4.69, 9.17) is 4.74 Å². The lowest BCUT2D eigenvalue weighted by molar-refractivity contribution is -0.280. The van der Waals surface area contributed by atoms with E-state index in [0.29, 0.717) is 34.5 Å². The Hall–Kier alpha value is -0.120. The zero-order valence-electron chi connectivity index (χ0n) is 24.3. The molecule has 0 saturated heterocycles. The summed E-state index contributed by atoms with van der Waals surface area (Å²) >= 11 is 0. The Balaban J connectivity index is 1.55. The molecule has 0 aromatic rings. The molecule has 5 rings (SSSR count). The Morgan fingerprint density at radius 1 is 0.771 bits per heavy atom. The molecule has 0 aromatic carbocycles. The molecule has 5 aliphatic rings. The fourth-order valence-electron chi connectivity index (χ4n) is 11.9. The van der Waals surface area contributed by atoms with E-state index in [-0.39, 0.29) is 33.9 Å². The molecule has 2 N–H and O–H groups in total. The number of ether oxygens (including phenoxy) is 1. The molecule has 202 valence electrons. The molecule has 5 fully saturated rings. The van der Waals surface area contributed by atoms with E-state index in [1.165, 1.54) is 44.9 Å². The quantitative estimate of drug-likeness (QED) is 0.440. The Bertz CT molecular complexity index is 820. The highest BCUT2D eigenvalue weighted by Gasteiger charge is 2.71. The van der Waals surface area contributed by atoms with Gasteiger partial charge in [0.05, 0.1) is 12.2 Å². The minimum absolute atomic E-state index is 0.0354. The van der Waals surface area contributed by atoms with Crippen LogP contribution in [0.1, 0.15) is 119 Å². The lowest BCUT2D eigenvalue weighted by atomic mass is 9.31. The Morgan fingerprint density at radius 3 is 2.14 bits per heavy atom. The second-order valence-electron chi connectivity index (χ2n) is 16.3. The molecular formula is C32H56O3. The van der Waals surface area contributed by atoms with Crippen LogP contribution in [0, 0.1) is 56.2 Å². The van der Waals surface area contributed by atoms with E-state index in [9.17, 15) is 10.2 Å². The van der Waals surface area contributed by atoms with Crippen LogP contribution in [-0.4, -0.2) is 36.1 Å². The molecule has 3 nitrogen and oxygen atoms in total. The van der Waals surface area contributed by atoms with Crippen LogP contribution in [0.5, 0.6) is 0 Å². The Kier molecular flexibility index (Phi) is 6.20. The molecule has 0 amide bonds. The number of fused-ring (bicyclic) bond motifs is 7. The van der Waals surface area contributed by atoms with Gasteiger partial charge in [-0.05, 0) is 127 Å². The molecule has 0 aromatic heterocycles. The predicted octanol–water partition coefficient (Wildman–Crippen LogP) is 7.24. The number of rotatable bonds is 3. The highest BCUT2D eigenvalue weighted by atomic mass is 16.5. The molecule has 3 heteroatoms. The van der Waals surface area contributed by atoms with E-state index in [0.717, 1.165) is 32.3 Å². The standard InChI is InChI=1S/C32H56O3/c1-27(2)13-15-32(17-18-35-8)16-14-31(7)26(21(32)20-27)22(33)19-24-29(5)11-10-25(34)28(3,4)23(29)9-12-30(24,31)6/h21-26,33-34H,9-20H2,1-8H3/t21-,22+,23-,24+,25-,26-,29-,30+,31+,32+/m0/s1. The molecule has 0 heterocycles. The zero-order chi connectivity index (χ0) is 25.7. The minimum atomic E-state index is -0.204. The van der Waals surface area contributed by atoms with Crippen LogP contribution in [-0.2, 0) is 4.74 Å². The molecule has 0 unspecified atom stereocenters. The maximum absolute atomic E-state index is 12.2. The smallest absolute Gasteiger partial charge is 0.0594 e. The monoisotopic (exact) mass is 488 g/mol. The molecule has 5 saturated carbocycles. The van der Waals surface area contributed by atoms with Crippen LogP contribution in [0.4, 0.5) is 0 Å². The lowest BCUT2D eigenvalue weighted by Gasteiger charge is -2.74. The first kappa shape index (κ1) is 26.5. The first-order valence-electron chi connectivity index (χ1n) is 15.0. The normalized spacial score (nSPS) is 54.7. The SMILES string of the molecule is COCC[C@]12CCC(C)(C)C[C@H]1[C@H]1[C@H](O)C[C@@H]3[C@@]4(C)CC[C@H](O)C(C)(C)[C@@H]4CC[C@@]3(C)[C@]1(C)CC2. The highest BCUT2D eigenvalue weighted by Crippen LogP contribution is 2.77. The third-order valence-electron chi connectivity index (χ3n) is 14.2. The molecule has 10 atom stereocenters. The molecule has 5 aliphatic carbocycles. The first-order valence-corrected chi connectivity index (χ1v) is 15.0. The lowest BCUT2D eigenvalue weighted by Crippen LogP contribution is -2.70. The number of methoxy groups -OCH3 is 1. The Labute approximate surface area is 216 Å². The van der Waals surface area contributed by atoms with Gasteiger partial charge >= 0.3 is 0 Å². The summed E-state index contributed by atoms with van der Waals surface area (Å²) < 4.78 is 5.65. The minimum Gasteiger partial charge on any atom is -0.393 e. The van der Waals surface area contributed by atoms with E-state index >= 15 is 0 Å². The molecule has 0 spiro atoms. The first-order chi connectivity index (χ1) is 16.2. The summed E-state index contributed by atoms with van der Waals surface area (Å²) in [6, 6.07) is 0. The average molecular weight is 489 g/mol. The van der Waals surface area contributed by atoms with Crippen LogP contribution in [0.15, 0.2) is 0 Å². The van der Waals surface area contributed by atoms with Crippen molar-refractivity contribution in [1.82, 2.24) is 0 Å². The van der Waals surface area contributed by atoms with E-state index < -0.39 is 0 Å². The summed E-state index contributed by atoms with van der Waals surface area (Å²) in [5, 5.41) is 23.1. The van der Waals surface area contributed by atoms with Crippen molar-refractivity contribution < 1.29 is 14.9 Å². The van der Waals surface area contributed by atoms with Gasteiger partial charge in [0.15, 0.2) is 0 Å². The summed E-state index contributed by atoms with van der Waals surface area (Å²) in [4.78, 5) is 0. The fourth-order valence-corrected chi connectivity index (χ4v) is 11.9. The third kappa shape index (κ3) is 3.52. The second-order valence-corrected chi connectivity index (χ2v) is 16.3. The summed E-state index contributed by atoms with van der Waals surface area (Å²) in [5.41, 5.74) is 1.32. The Morgan fingerprint density at radius 2 is 1.46 bits per heavy atom. The average Bonchev–Trinajstić information content (AvgIpc) is 2.77. The molecule has 0 aliphatic heterocycles. The zero-order valence-corrected chi connectivity index (χ0v) is 24.3. The highest BCUT2D eigenvalue weighted by molar-refractivity contribution is 5.20. The summed E-state index contributed by atoms with van der Waals surface area (Å²) in [5.74, 6) is 2.08. The number of hydrogen-bond donors (Lipinski definition) is 2. The molecule has 0 bridgehead atoms. The number of hydrogen-bond acceptors (Lipinski definition) is 3. The van der Waals surface area contributed by atoms with Gasteiger partial charge in [0.2, 0.25) is 0 Å². The van der Waals surface area contributed by atoms with Crippen LogP contribution in [0.2, 0.25) is 0 Å². The number of aliphatic hydroxyl groups excluding tert-OH is 2. The third-order valence-corrected chi connectivity index (χ3v) is 14.2. The predicted molar refractivity (Wildman–Crippen MR) is 143 cm³/mol. The van der Waals surface area contributed by atoms with Gasteiger partial charge in [-0.1, -0.05) is 48.5 Å². The summed E-state index contributed by atoms with van der Waals surface area (Å²) in [6.07, 6.45) is 12.7.